The van der Waals surface area contributed by atoms with Crippen molar-refractivity contribution in [1.29, 1.82) is 0 Å². The molecule has 2 N–H and O–H groups in total. The molecular formula is C25H19ClN2O6S. The van der Waals surface area contributed by atoms with Gasteiger partial charge in [0.05, 0.1) is 15.5 Å². The van der Waals surface area contributed by atoms with Crippen LogP contribution >= 0.6 is 23.4 Å². The van der Waals surface area contributed by atoms with Crippen molar-refractivity contribution in [3.63, 3.8) is 0 Å². The standard InChI is InChI=1S/C25H19ClN2O6S/c1-13-7-14(2)9-16(8-13)27-22(29)12-28-23(30)21(35-25(28)33)11-17-4-6-20(34-17)15-3-5-19(26)18(10-15)24(31)32/h3-11H,12H2,1-2H3,(H,27,29)(H,31,32)/b21-11+. The number of thioether (sulfide) groups is 1. The fourth-order valence-corrected chi connectivity index (χ4v) is 4.60. The van der Waals surface area contributed by atoms with Crippen molar-refractivity contribution in [3.8, 4) is 11.3 Å². The lowest BCUT2D eigenvalue weighted by Gasteiger charge is -2.13. The summed E-state index contributed by atoms with van der Waals surface area (Å²) in [6, 6.07) is 13.2. The van der Waals surface area contributed by atoms with Crippen molar-refractivity contribution in [2.45, 2.75) is 13.8 Å². The molecule has 10 heteroatoms. The highest BCUT2D eigenvalue weighted by atomic mass is 35.5. The molecule has 2 heterocycles. The first-order valence-electron chi connectivity index (χ1n) is 10.4. The normalized spacial score (nSPS) is 14.6. The van der Waals surface area contributed by atoms with E-state index in [9.17, 15) is 24.3 Å². The number of rotatable bonds is 6. The Morgan fingerprint density at radius 1 is 1.09 bits per heavy atom. The molecule has 1 aliphatic rings. The number of hydrogen-bond acceptors (Lipinski definition) is 6. The monoisotopic (exact) mass is 510 g/mol. The molecule has 35 heavy (non-hydrogen) atoms. The van der Waals surface area contributed by atoms with E-state index in [1.807, 2.05) is 19.9 Å². The number of furan rings is 1. The average molecular weight is 511 g/mol. The van der Waals surface area contributed by atoms with Gasteiger partial charge in [0.25, 0.3) is 11.1 Å². The van der Waals surface area contributed by atoms with Crippen LogP contribution in [0.1, 0.15) is 27.2 Å². The SMILES string of the molecule is Cc1cc(C)cc(NC(=O)CN2C(=O)S/C(=C/c3ccc(-c4ccc(Cl)c(C(=O)O)c4)o3)C2=O)c1. The number of carbonyl (C=O) groups is 4. The van der Waals surface area contributed by atoms with Gasteiger partial charge in [-0.05, 0) is 79.2 Å². The molecule has 0 bridgehead atoms. The van der Waals surface area contributed by atoms with Gasteiger partial charge in [0.15, 0.2) is 0 Å². The second kappa shape index (κ2) is 9.81. The number of amides is 3. The number of aromatic carboxylic acids is 1. The summed E-state index contributed by atoms with van der Waals surface area (Å²) in [6.45, 7) is 3.39. The number of aryl methyl sites for hydroxylation is 2. The van der Waals surface area contributed by atoms with Gasteiger partial charge in [-0.3, -0.25) is 19.3 Å². The molecule has 4 rings (SSSR count). The Labute approximate surface area is 209 Å². The Balaban J connectivity index is 1.47. The summed E-state index contributed by atoms with van der Waals surface area (Å²) in [5.74, 6) is -1.61. The first kappa shape index (κ1) is 24.3. The van der Waals surface area contributed by atoms with Crippen LogP contribution in [0.25, 0.3) is 17.4 Å². The zero-order valence-corrected chi connectivity index (χ0v) is 20.2. The van der Waals surface area contributed by atoms with E-state index in [4.69, 9.17) is 16.0 Å². The second-order valence-corrected chi connectivity index (χ2v) is 9.29. The van der Waals surface area contributed by atoms with Crippen molar-refractivity contribution in [3.05, 3.63) is 80.9 Å². The molecule has 0 saturated carbocycles. The van der Waals surface area contributed by atoms with Crippen LogP contribution in [0.4, 0.5) is 10.5 Å². The summed E-state index contributed by atoms with van der Waals surface area (Å²) in [4.78, 5) is 49.9. The fraction of sp³-hybridized carbons (Fsp3) is 0.120. The van der Waals surface area contributed by atoms with E-state index in [1.165, 1.54) is 18.2 Å². The molecule has 1 aromatic heterocycles. The van der Waals surface area contributed by atoms with Crippen molar-refractivity contribution in [2.24, 2.45) is 0 Å². The van der Waals surface area contributed by atoms with Gasteiger partial charge in [-0.1, -0.05) is 17.7 Å². The Bertz CT molecular complexity index is 1390. The molecule has 0 radical (unpaired) electrons. The molecular weight excluding hydrogens is 492 g/mol. The first-order chi connectivity index (χ1) is 16.6. The van der Waals surface area contributed by atoms with Crippen molar-refractivity contribution < 1.29 is 28.7 Å². The van der Waals surface area contributed by atoms with Crippen LogP contribution in [0.3, 0.4) is 0 Å². The van der Waals surface area contributed by atoms with E-state index in [1.54, 1.807) is 30.3 Å². The van der Waals surface area contributed by atoms with Crippen LogP contribution in [0.15, 0.2) is 57.9 Å². The van der Waals surface area contributed by atoms with Crippen LogP contribution in [0.5, 0.6) is 0 Å². The number of anilines is 1. The predicted octanol–water partition coefficient (Wildman–Crippen LogP) is 5.59. The highest BCUT2D eigenvalue weighted by Gasteiger charge is 2.36. The topological polar surface area (TPSA) is 117 Å². The minimum absolute atomic E-state index is 0.0673. The Hall–Kier alpha value is -3.82. The zero-order chi connectivity index (χ0) is 25.3. The van der Waals surface area contributed by atoms with Gasteiger partial charge in [-0.25, -0.2) is 4.79 Å². The minimum atomic E-state index is -1.17. The zero-order valence-electron chi connectivity index (χ0n) is 18.6. The van der Waals surface area contributed by atoms with E-state index in [2.05, 4.69) is 5.32 Å². The number of carboxylic acids is 1. The van der Waals surface area contributed by atoms with Gasteiger partial charge in [-0.2, -0.15) is 0 Å². The lowest BCUT2D eigenvalue weighted by Crippen LogP contribution is -2.36. The van der Waals surface area contributed by atoms with Gasteiger partial charge >= 0.3 is 5.97 Å². The molecule has 1 fully saturated rings. The molecule has 8 nitrogen and oxygen atoms in total. The maximum Gasteiger partial charge on any atom is 0.337 e. The quantitative estimate of drug-likeness (QED) is 0.415. The lowest BCUT2D eigenvalue weighted by molar-refractivity contribution is -0.127. The number of hydrogen-bond donors (Lipinski definition) is 2. The van der Waals surface area contributed by atoms with Crippen molar-refractivity contribution >= 4 is 58.1 Å². The van der Waals surface area contributed by atoms with Crippen LogP contribution in [-0.4, -0.2) is 39.6 Å². The van der Waals surface area contributed by atoms with Gasteiger partial charge in [-0.15, -0.1) is 0 Å². The lowest BCUT2D eigenvalue weighted by atomic mass is 10.1. The number of nitrogens with one attached hydrogen (secondary N) is 1. The van der Waals surface area contributed by atoms with Crippen LogP contribution in [-0.2, 0) is 9.59 Å². The Morgan fingerprint density at radius 3 is 2.49 bits per heavy atom. The third kappa shape index (κ3) is 5.47. The van der Waals surface area contributed by atoms with E-state index in [-0.39, 0.29) is 21.3 Å². The molecule has 0 aliphatic carbocycles. The van der Waals surface area contributed by atoms with E-state index >= 15 is 0 Å². The molecule has 0 unspecified atom stereocenters. The number of halogens is 1. The number of nitrogens with zero attached hydrogens (tertiary/aromatic N) is 1. The van der Waals surface area contributed by atoms with E-state index < -0.39 is 29.6 Å². The van der Waals surface area contributed by atoms with Crippen LogP contribution in [0, 0.1) is 13.8 Å². The first-order valence-corrected chi connectivity index (χ1v) is 11.6. The molecule has 178 valence electrons. The molecule has 1 aliphatic heterocycles. The number of imide groups is 1. The second-order valence-electron chi connectivity index (χ2n) is 7.89. The van der Waals surface area contributed by atoms with Gasteiger partial charge in [0.1, 0.15) is 18.1 Å². The van der Waals surface area contributed by atoms with Gasteiger partial charge in [0.2, 0.25) is 5.91 Å². The Kier molecular flexibility index (Phi) is 6.81. The fourth-order valence-electron chi connectivity index (χ4n) is 3.58. The molecule has 0 atom stereocenters. The number of carboxylic acid groups (broad SMARTS) is 1. The molecule has 3 aromatic rings. The van der Waals surface area contributed by atoms with Crippen molar-refractivity contribution in [2.75, 3.05) is 11.9 Å². The summed E-state index contributed by atoms with van der Waals surface area (Å²) in [5, 5.41) is 11.5. The molecule has 0 spiro atoms. The predicted molar refractivity (Wildman–Crippen MR) is 133 cm³/mol. The van der Waals surface area contributed by atoms with Crippen molar-refractivity contribution in [1.82, 2.24) is 4.90 Å². The highest BCUT2D eigenvalue weighted by molar-refractivity contribution is 8.18. The maximum atomic E-state index is 12.8. The molecule has 3 amide bonds. The highest BCUT2D eigenvalue weighted by Crippen LogP contribution is 2.34. The summed E-state index contributed by atoms with van der Waals surface area (Å²) in [5.41, 5.74) is 2.96. The maximum absolute atomic E-state index is 12.8. The summed E-state index contributed by atoms with van der Waals surface area (Å²) in [7, 11) is 0. The van der Waals surface area contributed by atoms with Gasteiger partial charge in [0, 0.05) is 17.3 Å². The van der Waals surface area contributed by atoms with E-state index in [0.717, 1.165) is 16.0 Å². The minimum Gasteiger partial charge on any atom is -0.478 e. The summed E-state index contributed by atoms with van der Waals surface area (Å²) in [6.07, 6.45) is 1.41. The third-order valence-corrected chi connectivity index (χ3v) is 6.30. The Morgan fingerprint density at radius 2 is 1.80 bits per heavy atom. The smallest absolute Gasteiger partial charge is 0.337 e. The largest absolute Gasteiger partial charge is 0.478 e. The number of carbonyl (C=O) groups excluding carboxylic acids is 3. The average Bonchev–Trinajstić information content (AvgIpc) is 3.33. The number of benzene rings is 2. The summed E-state index contributed by atoms with van der Waals surface area (Å²) >= 11 is 6.62. The van der Waals surface area contributed by atoms with Crippen LogP contribution in [0.2, 0.25) is 5.02 Å². The molecule has 1 saturated heterocycles. The van der Waals surface area contributed by atoms with Gasteiger partial charge < -0.3 is 14.8 Å². The third-order valence-electron chi connectivity index (χ3n) is 5.06. The van der Waals surface area contributed by atoms with Crippen LogP contribution < -0.4 is 5.32 Å². The van der Waals surface area contributed by atoms with E-state index in [0.29, 0.717) is 28.8 Å². The summed E-state index contributed by atoms with van der Waals surface area (Å²) < 4.78 is 5.72. The molecule has 2 aromatic carbocycles.